The average Bonchev–Trinajstić information content (AvgIpc) is 2.53. The Kier molecular flexibility index (Phi) is 7.09. The highest BCUT2D eigenvalue weighted by Crippen LogP contribution is 2.14. The second-order valence-electron chi connectivity index (χ2n) is 5.70. The lowest BCUT2D eigenvalue weighted by molar-refractivity contribution is 0.0443. The molecule has 124 valence electrons. The van der Waals surface area contributed by atoms with Gasteiger partial charge >= 0.3 is 0 Å². The summed E-state index contributed by atoms with van der Waals surface area (Å²) in [4.78, 5) is 4.93. The lowest BCUT2D eigenvalue weighted by Gasteiger charge is -2.41. The van der Waals surface area contributed by atoms with Crippen molar-refractivity contribution in [3.8, 4) is 5.75 Å². The summed E-state index contributed by atoms with van der Waals surface area (Å²) in [6, 6.07) is 6.90. The zero-order chi connectivity index (χ0) is 15.8. The van der Waals surface area contributed by atoms with Gasteiger partial charge in [-0.25, -0.2) is 4.39 Å². The zero-order valence-corrected chi connectivity index (χ0v) is 13.6. The van der Waals surface area contributed by atoms with Gasteiger partial charge in [0.15, 0.2) is 0 Å². The quantitative estimate of drug-likeness (QED) is 0.735. The second kappa shape index (κ2) is 9.08. The van der Waals surface area contributed by atoms with Gasteiger partial charge in [0.2, 0.25) is 0 Å². The van der Waals surface area contributed by atoms with Crippen molar-refractivity contribution in [2.45, 2.75) is 19.4 Å². The maximum Gasteiger partial charge on any atom is 0.126 e. The number of benzene rings is 1. The predicted octanol–water partition coefficient (Wildman–Crippen LogP) is 2.25. The molecule has 1 heterocycles. The van der Waals surface area contributed by atoms with Crippen LogP contribution in [0.5, 0.6) is 5.75 Å². The van der Waals surface area contributed by atoms with Crippen LogP contribution in [-0.4, -0.2) is 68.9 Å². The summed E-state index contributed by atoms with van der Waals surface area (Å²) in [7, 11) is 1.75. The van der Waals surface area contributed by atoms with Crippen molar-refractivity contribution in [3.63, 3.8) is 0 Å². The number of nitrogens with zero attached hydrogens (tertiary/aromatic N) is 2. The van der Waals surface area contributed by atoms with Crippen LogP contribution in [0, 0.1) is 5.82 Å². The molecule has 2 rings (SSSR count). The molecule has 0 spiro atoms. The zero-order valence-electron chi connectivity index (χ0n) is 13.6. The third-order valence-electron chi connectivity index (χ3n) is 4.21. The molecule has 4 nitrogen and oxygen atoms in total. The molecule has 1 unspecified atom stereocenters. The van der Waals surface area contributed by atoms with E-state index in [1.54, 1.807) is 19.2 Å². The lowest BCUT2D eigenvalue weighted by atomic mass is 10.1. The van der Waals surface area contributed by atoms with Gasteiger partial charge in [-0.1, -0.05) is 13.0 Å². The molecule has 22 heavy (non-hydrogen) atoms. The number of rotatable bonds is 8. The van der Waals surface area contributed by atoms with Crippen LogP contribution in [0.3, 0.4) is 0 Å². The highest BCUT2D eigenvalue weighted by atomic mass is 19.1. The molecule has 1 saturated heterocycles. The molecule has 0 bridgehead atoms. The van der Waals surface area contributed by atoms with Crippen LogP contribution in [0.2, 0.25) is 0 Å². The minimum Gasteiger partial charge on any atom is -0.492 e. The first-order valence-electron chi connectivity index (χ1n) is 8.06. The first kappa shape index (κ1) is 17.2. The lowest BCUT2D eigenvalue weighted by Crippen LogP contribution is -2.54. The van der Waals surface area contributed by atoms with Crippen LogP contribution in [0.4, 0.5) is 4.39 Å². The number of piperazine rings is 1. The number of halogens is 1. The van der Waals surface area contributed by atoms with Gasteiger partial charge in [-0.15, -0.1) is 0 Å². The summed E-state index contributed by atoms with van der Waals surface area (Å²) < 4.78 is 23.9. The average molecular weight is 310 g/mol. The fourth-order valence-corrected chi connectivity index (χ4v) is 2.90. The number of ether oxygens (including phenoxy) is 2. The van der Waals surface area contributed by atoms with Crippen molar-refractivity contribution in [2.75, 3.05) is 53.0 Å². The highest BCUT2D eigenvalue weighted by molar-refractivity contribution is 5.22. The Hall–Kier alpha value is -1.17. The van der Waals surface area contributed by atoms with E-state index < -0.39 is 0 Å². The molecule has 0 aromatic heterocycles. The molecular formula is C17H27FN2O2. The molecule has 0 amide bonds. The summed E-state index contributed by atoms with van der Waals surface area (Å²) in [6.45, 7) is 8.68. The molecule has 0 saturated carbocycles. The van der Waals surface area contributed by atoms with E-state index >= 15 is 0 Å². The Labute approximate surface area is 132 Å². The summed E-state index contributed by atoms with van der Waals surface area (Å²) in [5.74, 6) is 0.348. The van der Waals surface area contributed by atoms with Crippen molar-refractivity contribution < 1.29 is 13.9 Å². The molecule has 1 aliphatic heterocycles. The van der Waals surface area contributed by atoms with Crippen molar-refractivity contribution in [2.24, 2.45) is 0 Å². The van der Waals surface area contributed by atoms with Crippen LogP contribution < -0.4 is 4.74 Å². The molecule has 1 aromatic carbocycles. The SMILES string of the molecule is CCC1CN(CCOc2cccc(F)c2)CCN1CCOC. The normalized spacial score (nSPS) is 20.2. The Bertz CT molecular complexity index is 444. The van der Waals surface area contributed by atoms with Gasteiger partial charge in [0.05, 0.1) is 6.61 Å². The molecule has 0 aliphatic carbocycles. The monoisotopic (exact) mass is 310 g/mol. The summed E-state index contributed by atoms with van der Waals surface area (Å²) in [5, 5.41) is 0. The summed E-state index contributed by atoms with van der Waals surface area (Å²) in [5.41, 5.74) is 0. The van der Waals surface area contributed by atoms with Crippen LogP contribution in [0.25, 0.3) is 0 Å². The van der Waals surface area contributed by atoms with E-state index in [0.717, 1.165) is 45.8 Å². The second-order valence-corrected chi connectivity index (χ2v) is 5.70. The summed E-state index contributed by atoms with van der Waals surface area (Å²) >= 11 is 0. The largest absolute Gasteiger partial charge is 0.492 e. The van der Waals surface area contributed by atoms with E-state index in [1.165, 1.54) is 12.1 Å². The van der Waals surface area contributed by atoms with E-state index in [2.05, 4.69) is 16.7 Å². The molecule has 1 aliphatic rings. The first-order chi connectivity index (χ1) is 10.7. The van der Waals surface area contributed by atoms with E-state index in [9.17, 15) is 4.39 Å². The molecule has 0 N–H and O–H groups in total. The van der Waals surface area contributed by atoms with Gasteiger partial charge in [0, 0.05) is 51.9 Å². The molecular weight excluding hydrogens is 283 g/mol. The third kappa shape index (κ3) is 5.23. The Morgan fingerprint density at radius 3 is 2.82 bits per heavy atom. The van der Waals surface area contributed by atoms with Gasteiger partial charge in [-0.3, -0.25) is 9.80 Å². The Balaban J connectivity index is 1.73. The van der Waals surface area contributed by atoms with Crippen LogP contribution in [-0.2, 0) is 4.74 Å². The maximum absolute atomic E-state index is 13.1. The van der Waals surface area contributed by atoms with Gasteiger partial charge in [0.1, 0.15) is 18.2 Å². The van der Waals surface area contributed by atoms with Gasteiger partial charge in [0.25, 0.3) is 0 Å². The van der Waals surface area contributed by atoms with Crippen LogP contribution >= 0.6 is 0 Å². The number of hydrogen-bond donors (Lipinski definition) is 0. The number of hydrogen-bond acceptors (Lipinski definition) is 4. The molecule has 0 radical (unpaired) electrons. The van der Waals surface area contributed by atoms with E-state index in [1.807, 2.05) is 0 Å². The fraction of sp³-hybridized carbons (Fsp3) is 0.647. The minimum absolute atomic E-state index is 0.254. The van der Waals surface area contributed by atoms with Crippen molar-refractivity contribution in [3.05, 3.63) is 30.1 Å². The van der Waals surface area contributed by atoms with Crippen LogP contribution in [0.15, 0.2) is 24.3 Å². The van der Waals surface area contributed by atoms with Gasteiger partial charge in [-0.2, -0.15) is 0 Å². The van der Waals surface area contributed by atoms with Crippen molar-refractivity contribution in [1.29, 1.82) is 0 Å². The molecule has 1 fully saturated rings. The molecule has 5 heteroatoms. The minimum atomic E-state index is -0.254. The van der Waals surface area contributed by atoms with Crippen molar-refractivity contribution in [1.82, 2.24) is 9.80 Å². The molecule has 1 atom stereocenters. The standard InChI is InChI=1S/C17H27FN2O2/c1-3-16-14-19(7-8-20(16)10-11-21-2)9-12-22-17-6-4-5-15(18)13-17/h4-6,13,16H,3,7-12,14H2,1-2H3. The van der Waals surface area contributed by atoms with E-state index in [-0.39, 0.29) is 5.82 Å². The predicted molar refractivity (Wildman–Crippen MR) is 85.9 cm³/mol. The first-order valence-corrected chi connectivity index (χ1v) is 8.06. The Morgan fingerprint density at radius 2 is 2.09 bits per heavy atom. The third-order valence-corrected chi connectivity index (χ3v) is 4.21. The summed E-state index contributed by atoms with van der Waals surface area (Å²) in [6.07, 6.45) is 1.14. The van der Waals surface area contributed by atoms with Gasteiger partial charge < -0.3 is 9.47 Å². The van der Waals surface area contributed by atoms with E-state index in [0.29, 0.717) is 18.4 Å². The van der Waals surface area contributed by atoms with E-state index in [4.69, 9.17) is 9.47 Å². The topological polar surface area (TPSA) is 24.9 Å². The molecule has 1 aromatic rings. The highest BCUT2D eigenvalue weighted by Gasteiger charge is 2.24. The Morgan fingerprint density at radius 1 is 1.23 bits per heavy atom. The van der Waals surface area contributed by atoms with Crippen molar-refractivity contribution >= 4 is 0 Å². The van der Waals surface area contributed by atoms with Crippen LogP contribution in [0.1, 0.15) is 13.3 Å². The number of methoxy groups -OCH3 is 1. The maximum atomic E-state index is 13.1. The van der Waals surface area contributed by atoms with Gasteiger partial charge in [-0.05, 0) is 18.6 Å². The fourth-order valence-electron chi connectivity index (χ4n) is 2.90. The smallest absolute Gasteiger partial charge is 0.126 e.